The van der Waals surface area contributed by atoms with Gasteiger partial charge in [-0.1, -0.05) is 18.2 Å². The number of benzene rings is 1. The van der Waals surface area contributed by atoms with E-state index in [4.69, 9.17) is 4.74 Å². The minimum absolute atomic E-state index is 0.313. The lowest BCUT2D eigenvalue weighted by Crippen LogP contribution is -2.19. The third-order valence-electron chi connectivity index (χ3n) is 3.69. The van der Waals surface area contributed by atoms with Gasteiger partial charge in [0.1, 0.15) is 5.75 Å². The lowest BCUT2D eigenvalue weighted by atomic mass is 10.1. The number of pyridine rings is 1. The molecule has 0 bridgehead atoms. The van der Waals surface area contributed by atoms with E-state index in [9.17, 15) is 0 Å². The van der Waals surface area contributed by atoms with Crippen LogP contribution in [0.4, 0.5) is 0 Å². The summed E-state index contributed by atoms with van der Waals surface area (Å²) in [5.74, 6) is 0.977. The molecule has 3 nitrogen and oxygen atoms in total. The van der Waals surface area contributed by atoms with Gasteiger partial charge in [0.15, 0.2) is 0 Å². The standard InChI is InChI=1S/C17H20N2O/c1-2-6-17(20-15-4-3-10-18-13-9-15)16(5-1)14-7-11-19-12-8-14/h1-2,5-8,11-12,15,18H,3-4,9-10,13H2. The van der Waals surface area contributed by atoms with E-state index in [0.29, 0.717) is 6.10 Å². The van der Waals surface area contributed by atoms with E-state index in [1.807, 2.05) is 30.6 Å². The Hall–Kier alpha value is -1.87. The summed E-state index contributed by atoms with van der Waals surface area (Å²) in [6.45, 7) is 2.15. The van der Waals surface area contributed by atoms with Gasteiger partial charge in [0, 0.05) is 18.0 Å². The van der Waals surface area contributed by atoms with Crippen molar-refractivity contribution in [3.05, 3.63) is 48.8 Å². The molecular weight excluding hydrogens is 248 g/mol. The van der Waals surface area contributed by atoms with Crippen LogP contribution in [0.2, 0.25) is 0 Å². The first-order chi connectivity index (χ1) is 9.93. The van der Waals surface area contributed by atoms with E-state index in [-0.39, 0.29) is 0 Å². The second-order valence-electron chi connectivity index (χ2n) is 5.15. The Morgan fingerprint density at radius 2 is 1.85 bits per heavy atom. The Bertz CT molecular complexity index is 534. The predicted octanol–water partition coefficient (Wildman–Crippen LogP) is 3.27. The van der Waals surface area contributed by atoms with Gasteiger partial charge in [0.2, 0.25) is 0 Å². The molecule has 1 atom stereocenters. The fraction of sp³-hybridized carbons (Fsp3) is 0.353. The fourth-order valence-electron chi connectivity index (χ4n) is 2.62. The van der Waals surface area contributed by atoms with Crippen LogP contribution in [0.5, 0.6) is 5.75 Å². The van der Waals surface area contributed by atoms with Gasteiger partial charge in [-0.25, -0.2) is 0 Å². The van der Waals surface area contributed by atoms with Crippen LogP contribution < -0.4 is 10.1 Å². The molecule has 0 radical (unpaired) electrons. The molecule has 0 amide bonds. The summed E-state index contributed by atoms with van der Waals surface area (Å²) in [6.07, 6.45) is 7.33. The Morgan fingerprint density at radius 1 is 1.00 bits per heavy atom. The number of ether oxygens (including phenoxy) is 1. The molecular formula is C17H20N2O. The van der Waals surface area contributed by atoms with Gasteiger partial charge in [-0.05, 0) is 56.1 Å². The molecule has 1 saturated heterocycles. The predicted molar refractivity (Wildman–Crippen MR) is 80.8 cm³/mol. The third kappa shape index (κ3) is 3.17. The summed E-state index contributed by atoms with van der Waals surface area (Å²) in [6, 6.07) is 12.3. The Balaban J connectivity index is 1.82. The van der Waals surface area contributed by atoms with Crippen molar-refractivity contribution in [1.82, 2.24) is 10.3 Å². The minimum Gasteiger partial charge on any atom is -0.490 e. The normalized spacial score (nSPS) is 19.3. The first-order valence-electron chi connectivity index (χ1n) is 7.30. The van der Waals surface area contributed by atoms with Crippen LogP contribution >= 0.6 is 0 Å². The Kier molecular flexibility index (Phi) is 4.28. The Labute approximate surface area is 120 Å². The molecule has 2 heterocycles. The van der Waals surface area contributed by atoms with E-state index in [1.54, 1.807) is 0 Å². The topological polar surface area (TPSA) is 34.1 Å². The van der Waals surface area contributed by atoms with Gasteiger partial charge in [-0.2, -0.15) is 0 Å². The zero-order chi connectivity index (χ0) is 13.6. The first-order valence-corrected chi connectivity index (χ1v) is 7.30. The summed E-state index contributed by atoms with van der Waals surface area (Å²) in [5.41, 5.74) is 2.30. The lowest BCUT2D eigenvalue weighted by Gasteiger charge is -2.19. The molecule has 0 aliphatic carbocycles. The molecule has 1 aliphatic heterocycles. The number of rotatable bonds is 3. The van der Waals surface area contributed by atoms with Crippen LogP contribution in [-0.4, -0.2) is 24.2 Å². The molecule has 1 aliphatic rings. The van der Waals surface area contributed by atoms with Crippen LogP contribution in [-0.2, 0) is 0 Å². The average molecular weight is 268 g/mol. The molecule has 1 aromatic carbocycles. The van der Waals surface area contributed by atoms with Gasteiger partial charge in [0.05, 0.1) is 6.10 Å². The highest BCUT2D eigenvalue weighted by molar-refractivity contribution is 5.69. The SMILES string of the molecule is c1ccc(-c2ccncc2)c(OC2CCCNCC2)c1. The summed E-state index contributed by atoms with van der Waals surface area (Å²) in [5, 5.41) is 3.42. The van der Waals surface area contributed by atoms with Crippen molar-refractivity contribution in [2.45, 2.75) is 25.4 Å². The smallest absolute Gasteiger partial charge is 0.127 e. The molecule has 3 rings (SSSR count). The van der Waals surface area contributed by atoms with Crippen LogP contribution in [0.1, 0.15) is 19.3 Å². The molecule has 1 unspecified atom stereocenters. The molecule has 3 heteroatoms. The van der Waals surface area contributed by atoms with E-state index in [2.05, 4.69) is 28.5 Å². The third-order valence-corrected chi connectivity index (χ3v) is 3.69. The van der Waals surface area contributed by atoms with E-state index >= 15 is 0 Å². The number of nitrogens with zero attached hydrogens (tertiary/aromatic N) is 1. The number of hydrogen-bond acceptors (Lipinski definition) is 3. The number of hydrogen-bond donors (Lipinski definition) is 1. The zero-order valence-electron chi connectivity index (χ0n) is 11.6. The maximum atomic E-state index is 6.26. The van der Waals surface area contributed by atoms with Crippen LogP contribution in [0.25, 0.3) is 11.1 Å². The largest absolute Gasteiger partial charge is 0.490 e. The number of aromatic nitrogens is 1. The van der Waals surface area contributed by atoms with Gasteiger partial charge in [0.25, 0.3) is 0 Å². The number of nitrogens with one attached hydrogen (secondary N) is 1. The van der Waals surface area contributed by atoms with Gasteiger partial charge < -0.3 is 10.1 Å². The highest BCUT2D eigenvalue weighted by atomic mass is 16.5. The quantitative estimate of drug-likeness (QED) is 0.927. The van der Waals surface area contributed by atoms with E-state index in [1.165, 1.54) is 6.42 Å². The molecule has 0 saturated carbocycles. The van der Waals surface area contributed by atoms with Crippen molar-refractivity contribution in [2.75, 3.05) is 13.1 Å². The maximum Gasteiger partial charge on any atom is 0.127 e. The van der Waals surface area contributed by atoms with Crippen molar-refractivity contribution in [3.63, 3.8) is 0 Å². The highest BCUT2D eigenvalue weighted by Crippen LogP contribution is 2.31. The first kappa shape index (κ1) is 13.1. The van der Waals surface area contributed by atoms with Gasteiger partial charge in [-0.3, -0.25) is 4.98 Å². The molecule has 104 valence electrons. The second kappa shape index (κ2) is 6.53. The Morgan fingerprint density at radius 3 is 2.75 bits per heavy atom. The lowest BCUT2D eigenvalue weighted by molar-refractivity contribution is 0.188. The molecule has 2 aromatic rings. The summed E-state index contributed by atoms with van der Waals surface area (Å²) < 4.78 is 6.26. The van der Waals surface area contributed by atoms with Crippen molar-refractivity contribution in [2.24, 2.45) is 0 Å². The van der Waals surface area contributed by atoms with E-state index in [0.717, 1.165) is 42.8 Å². The minimum atomic E-state index is 0.313. The van der Waals surface area contributed by atoms with Crippen LogP contribution in [0.3, 0.4) is 0 Å². The number of para-hydroxylation sites is 1. The van der Waals surface area contributed by atoms with Crippen molar-refractivity contribution in [1.29, 1.82) is 0 Å². The van der Waals surface area contributed by atoms with Crippen LogP contribution in [0.15, 0.2) is 48.8 Å². The highest BCUT2D eigenvalue weighted by Gasteiger charge is 2.15. The summed E-state index contributed by atoms with van der Waals surface area (Å²) in [4.78, 5) is 4.08. The van der Waals surface area contributed by atoms with Crippen LogP contribution in [0, 0.1) is 0 Å². The second-order valence-corrected chi connectivity index (χ2v) is 5.15. The average Bonchev–Trinajstić information content (AvgIpc) is 2.77. The molecule has 1 N–H and O–H groups in total. The molecule has 1 aromatic heterocycles. The molecule has 1 fully saturated rings. The molecule has 0 spiro atoms. The fourth-order valence-corrected chi connectivity index (χ4v) is 2.62. The zero-order valence-corrected chi connectivity index (χ0v) is 11.6. The monoisotopic (exact) mass is 268 g/mol. The van der Waals surface area contributed by atoms with Crippen molar-refractivity contribution in [3.8, 4) is 16.9 Å². The van der Waals surface area contributed by atoms with Gasteiger partial charge >= 0.3 is 0 Å². The van der Waals surface area contributed by atoms with Gasteiger partial charge in [-0.15, -0.1) is 0 Å². The van der Waals surface area contributed by atoms with Crippen molar-refractivity contribution < 1.29 is 4.74 Å². The summed E-state index contributed by atoms with van der Waals surface area (Å²) >= 11 is 0. The maximum absolute atomic E-state index is 6.26. The summed E-state index contributed by atoms with van der Waals surface area (Å²) in [7, 11) is 0. The van der Waals surface area contributed by atoms with Crippen molar-refractivity contribution >= 4 is 0 Å². The van der Waals surface area contributed by atoms with E-state index < -0.39 is 0 Å². The molecule has 20 heavy (non-hydrogen) atoms.